The van der Waals surface area contributed by atoms with Crippen LogP contribution in [0.15, 0.2) is 18.2 Å². The van der Waals surface area contributed by atoms with Gasteiger partial charge in [0.05, 0.1) is 19.1 Å². The standard InChI is InChI=1S/C15H19NO5/c1-21-10-3-4-12(17)11(7-10)14(20)16-9-15(5-2-6-15)8-13(18)19/h3-4,7,17H,2,5-6,8-9H2,1H3,(H,16,20)(H,18,19). The monoisotopic (exact) mass is 293 g/mol. The predicted octanol–water partition coefficient (Wildman–Crippen LogP) is 1.78. The van der Waals surface area contributed by atoms with Gasteiger partial charge < -0.3 is 20.3 Å². The van der Waals surface area contributed by atoms with E-state index in [9.17, 15) is 14.7 Å². The molecular formula is C15H19NO5. The molecule has 2 rings (SSSR count). The SMILES string of the molecule is COc1ccc(O)c(C(=O)NCC2(CC(=O)O)CCC2)c1. The number of hydrogen-bond donors (Lipinski definition) is 3. The van der Waals surface area contributed by atoms with E-state index in [2.05, 4.69) is 5.32 Å². The third-order valence-corrected chi connectivity index (χ3v) is 4.01. The van der Waals surface area contributed by atoms with Crippen molar-refractivity contribution in [3.63, 3.8) is 0 Å². The van der Waals surface area contributed by atoms with Gasteiger partial charge in [-0.15, -0.1) is 0 Å². The summed E-state index contributed by atoms with van der Waals surface area (Å²) in [4.78, 5) is 23.0. The molecule has 21 heavy (non-hydrogen) atoms. The lowest BCUT2D eigenvalue weighted by molar-refractivity contribution is -0.141. The minimum Gasteiger partial charge on any atom is -0.507 e. The van der Waals surface area contributed by atoms with E-state index in [1.807, 2.05) is 0 Å². The molecule has 1 aromatic carbocycles. The molecule has 0 bridgehead atoms. The van der Waals surface area contributed by atoms with Crippen LogP contribution in [0.25, 0.3) is 0 Å². The fourth-order valence-corrected chi connectivity index (χ4v) is 2.60. The van der Waals surface area contributed by atoms with Crippen LogP contribution in [0, 0.1) is 5.41 Å². The molecular weight excluding hydrogens is 274 g/mol. The molecule has 1 saturated carbocycles. The van der Waals surface area contributed by atoms with E-state index >= 15 is 0 Å². The zero-order valence-corrected chi connectivity index (χ0v) is 11.9. The maximum atomic E-state index is 12.1. The minimum absolute atomic E-state index is 0.0529. The minimum atomic E-state index is -0.854. The quantitative estimate of drug-likeness (QED) is 0.743. The van der Waals surface area contributed by atoms with E-state index in [0.717, 1.165) is 19.3 Å². The van der Waals surface area contributed by atoms with Crippen LogP contribution in [0.3, 0.4) is 0 Å². The van der Waals surface area contributed by atoms with Gasteiger partial charge in [0, 0.05) is 6.54 Å². The molecule has 1 amide bonds. The normalized spacial score (nSPS) is 15.9. The fraction of sp³-hybridized carbons (Fsp3) is 0.467. The molecule has 0 unspecified atom stereocenters. The number of ether oxygens (including phenoxy) is 1. The summed E-state index contributed by atoms with van der Waals surface area (Å²) in [6.07, 6.45) is 2.62. The second-order valence-electron chi connectivity index (χ2n) is 5.49. The number of rotatable bonds is 6. The molecule has 0 spiro atoms. The Bertz CT molecular complexity index is 551. The Morgan fingerprint density at radius 3 is 2.62 bits per heavy atom. The molecule has 1 aromatic rings. The third kappa shape index (κ3) is 3.45. The number of benzene rings is 1. The highest BCUT2D eigenvalue weighted by Crippen LogP contribution is 2.43. The number of carbonyl (C=O) groups is 2. The number of phenols is 1. The lowest BCUT2D eigenvalue weighted by atomic mass is 9.66. The molecule has 0 aliphatic heterocycles. The first-order chi connectivity index (χ1) is 9.96. The van der Waals surface area contributed by atoms with Crippen molar-refractivity contribution < 1.29 is 24.5 Å². The molecule has 0 atom stereocenters. The van der Waals surface area contributed by atoms with E-state index in [1.165, 1.54) is 19.2 Å². The predicted molar refractivity (Wildman–Crippen MR) is 75.5 cm³/mol. The highest BCUT2D eigenvalue weighted by Gasteiger charge is 2.39. The van der Waals surface area contributed by atoms with E-state index < -0.39 is 11.9 Å². The largest absolute Gasteiger partial charge is 0.507 e. The first-order valence-electron chi connectivity index (χ1n) is 6.83. The summed E-state index contributed by atoms with van der Waals surface area (Å²) in [5, 5.41) is 21.4. The Kier molecular flexibility index (Phi) is 4.35. The molecule has 3 N–H and O–H groups in total. The number of amides is 1. The van der Waals surface area contributed by atoms with Gasteiger partial charge in [-0.25, -0.2) is 0 Å². The second-order valence-corrected chi connectivity index (χ2v) is 5.49. The highest BCUT2D eigenvalue weighted by molar-refractivity contribution is 5.97. The average molecular weight is 293 g/mol. The van der Waals surface area contributed by atoms with Crippen LogP contribution in [-0.2, 0) is 4.79 Å². The fourth-order valence-electron chi connectivity index (χ4n) is 2.60. The van der Waals surface area contributed by atoms with Crippen LogP contribution in [-0.4, -0.2) is 35.7 Å². The summed E-state index contributed by atoms with van der Waals surface area (Å²) in [5.74, 6) is -0.938. The van der Waals surface area contributed by atoms with Gasteiger partial charge >= 0.3 is 5.97 Å². The van der Waals surface area contributed by atoms with Crippen LogP contribution in [0.5, 0.6) is 11.5 Å². The van der Waals surface area contributed by atoms with Crippen molar-refractivity contribution >= 4 is 11.9 Å². The molecule has 0 aromatic heterocycles. The molecule has 1 aliphatic rings. The van der Waals surface area contributed by atoms with Gasteiger partial charge in [-0.1, -0.05) is 6.42 Å². The Labute approximate surface area is 122 Å². The summed E-state index contributed by atoms with van der Waals surface area (Å²) in [5.41, 5.74) is -0.227. The molecule has 6 nitrogen and oxygen atoms in total. The summed E-state index contributed by atoms with van der Waals surface area (Å²) in [6.45, 7) is 0.300. The van der Waals surface area contributed by atoms with Gasteiger partial charge in [-0.05, 0) is 36.5 Å². The molecule has 0 radical (unpaired) electrons. The van der Waals surface area contributed by atoms with Crippen molar-refractivity contribution in [1.29, 1.82) is 0 Å². The van der Waals surface area contributed by atoms with Gasteiger partial charge in [-0.2, -0.15) is 0 Å². The van der Waals surface area contributed by atoms with Crippen molar-refractivity contribution in [2.24, 2.45) is 5.41 Å². The molecule has 1 aliphatic carbocycles. The summed E-state index contributed by atoms with van der Waals surface area (Å²) < 4.78 is 5.02. The lowest BCUT2D eigenvalue weighted by Crippen LogP contribution is -2.43. The summed E-state index contributed by atoms with van der Waals surface area (Å²) >= 11 is 0. The van der Waals surface area contributed by atoms with Crippen LogP contribution in [0.2, 0.25) is 0 Å². The Hall–Kier alpha value is -2.24. The lowest BCUT2D eigenvalue weighted by Gasteiger charge is -2.40. The van der Waals surface area contributed by atoms with E-state index in [1.54, 1.807) is 6.07 Å². The number of phenolic OH excluding ortho intramolecular Hbond substituents is 1. The maximum absolute atomic E-state index is 12.1. The second kappa shape index (κ2) is 6.03. The van der Waals surface area contributed by atoms with Crippen molar-refractivity contribution in [3.8, 4) is 11.5 Å². The number of aromatic hydroxyl groups is 1. The van der Waals surface area contributed by atoms with Gasteiger partial charge in [0.25, 0.3) is 5.91 Å². The maximum Gasteiger partial charge on any atom is 0.303 e. The molecule has 1 fully saturated rings. The van der Waals surface area contributed by atoms with E-state index in [-0.39, 0.29) is 23.1 Å². The number of carbonyl (C=O) groups excluding carboxylic acids is 1. The smallest absolute Gasteiger partial charge is 0.303 e. The van der Waals surface area contributed by atoms with Gasteiger partial charge in [0.1, 0.15) is 11.5 Å². The topological polar surface area (TPSA) is 95.9 Å². The van der Waals surface area contributed by atoms with Crippen LogP contribution in [0.1, 0.15) is 36.0 Å². The van der Waals surface area contributed by atoms with Gasteiger partial charge in [0.15, 0.2) is 0 Å². The summed E-state index contributed by atoms with van der Waals surface area (Å²) in [6, 6.07) is 4.41. The van der Waals surface area contributed by atoms with Crippen molar-refractivity contribution in [2.75, 3.05) is 13.7 Å². The van der Waals surface area contributed by atoms with Crippen molar-refractivity contribution in [3.05, 3.63) is 23.8 Å². The van der Waals surface area contributed by atoms with Gasteiger partial charge in [0.2, 0.25) is 0 Å². The zero-order valence-electron chi connectivity index (χ0n) is 11.9. The first kappa shape index (κ1) is 15.2. The number of carboxylic acids is 1. The van der Waals surface area contributed by atoms with Crippen LogP contribution < -0.4 is 10.1 Å². The Morgan fingerprint density at radius 1 is 1.38 bits per heavy atom. The van der Waals surface area contributed by atoms with Gasteiger partial charge in [-0.3, -0.25) is 9.59 Å². The third-order valence-electron chi connectivity index (χ3n) is 4.01. The molecule has 6 heteroatoms. The number of hydrogen-bond acceptors (Lipinski definition) is 4. The first-order valence-corrected chi connectivity index (χ1v) is 6.83. The molecule has 0 saturated heterocycles. The number of methoxy groups -OCH3 is 1. The zero-order chi connectivity index (χ0) is 15.5. The Morgan fingerprint density at radius 2 is 2.10 bits per heavy atom. The van der Waals surface area contributed by atoms with Crippen LogP contribution >= 0.6 is 0 Å². The van der Waals surface area contributed by atoms with Crippen molar-refractivity contribution in [1.82, 2.24) is 5.32 Å². The molecule has 0 heterocycles. The number of aliphatic carboxylic acids is 1. The van der Waals surface area contributed by atoms with Crippen molar-refractivity contribution in [2.45, 2.75) is 25.7 Å². The number of carboxylic acid groups (broad SMARTS) is 1. The average Bonchev–Trinajstić information content (AvgIpc) is 2.41. The molecule has 114 valence electrons. The Balaban J connectivity index is 2.03. The highest BCUT2D eigenvalue weighted by atomic mass is 16.5. The number of nitrogens with one attached hydrogen (secondary N) is 1. The summed E-state index contributed by atoms with van der Waals surface area (Å²) in [7, 11) is 1.48. The van der Waals surface area contributed by atoms with E-state index in [4.69, 9.17) is 9.84 Å². The van der Waals surface area contributed by atoms with E-state index in [0.29, 0.717) is 12.3 Å². The van der Waals surface area contributed by atoms with Crippen LogP contribution in [0.4, 0.5) is 0 Å².